The number of ether oxygens (including phenoxy) is 1. The van der Waals surface area contributed by atoms with Crippen molar-refractivity contribution in [3.05, 3.63) is 24.2 Å². The summed E-state index contributed by atoms with van der Waals surface area (Å²) in [6, 6.07) is 3.58. The highest BCUT2D eigenvalue weighted by atomic mass is 16.6. The van der Waals surface area contributed by atoms with Gasteiger partial charge in [-0.15, -0.1) is 0 Å². The van der Waals surface area contributed by atoms with E-state index in [9.17, 15) is 4.79 Å². The second-order valence-corrected chi connectivity index (χ2v) is 2.77. The summed E-state index contributed by atoms with van der Waals surface area (Å²) in [7, 11) is 1.70. The molecule has 1 amide bonds. The van der Waals surface area contributed by atoms with Crippen molar-refractivity contribution < 1.29 is 13.9 Å². The largest absolute Gasteiger partial charge is 0.465 e. The Kier molecular flexibility index (Phi) is 1.53. The molecular weight excluding hydrogens is 158 g/mol. The lowest BCUT2D eigenvalue weighted by Gasteiger charge is -2.02. The molecule has 4 nitrogen and oxygen atoms in total. The molecule has 0 aliphatic carbocycles. The van der Waals surface area contributed by atoms with Gasteiger partial charge < -0.3 is 14.1 Å². The van der Waals surface area contributed by atoms with E-state index in [1.54, 1.807) is 25.4 Å². The minimum atomic E-state index is -0.295. The first-order chi connectivity index (χ1) is 5.77. The van der Waals surface area contributed by atoms with E-state index in [1.165, 1.54) is 4.90 Å². The van der Waals surface area contributed by atoms with Gasteiger partial charge in [-0.1, -0.05) is 0 Å². The third kappa shape index (κ3) is 1.05. The molecule has 1 atom stereocenters. The average molecular weight is 167 g/mol. The highest BCUT2D eigenvalue weighted by Gasteiger charge is 2.31. The van der Waals surface area contributed by atoms with Crippen molar-refractivity contribution in [2.75, 3.05) is 13.6 Å². The van der Waals surface area contributed by atoms with Crippen LogP contribution < -0.4 is 0 Å². The SMILES string of the molecule is CN1C[C@H](c2ccco2)OC1=O. The standard InChI is InChI=1S/C8H9NO3/c1-9-5-7(12-8(9)10)6-3-2-4-11-6/h2-4,7H,5H2,1H3/t7-/m1/s1. The molecule has 0 N–H and O–H groups in total. The number of rotatable bonds is 1. The molecule has 1 aliphatic rings. The van der Waals surface area contributed by atoms with Gasteiger partial charge in [-0.25, -0.2) is 4.79 Å². The zero-order valence-corrected chi connectivity index (χ0v) is 6.69. The van der Waals surface area contributed by atoms with Crippen LogP contribution in [0.2, 0.25) is 0 Å². The van der Waals surface area contributed by atoms with Crippen LogP contribution in [0.5, 0.6) is 0 Å². The van der Waals surface area contributed by atoms with Crippen molar-refractivity contribution in [1.29, 1.82) is 0 Å². The quantitative estimate of drug-likeness (QED) is 0.635. The van der Waals surface area contributed by atoms with E-state index in [4.69, 9.17) is 9.15 Å². The van der Waals surface area contributed by atoms with Crippen LogP contribution in [0.3, 0.4) is 0 Å². The van der Waals surface area contributed by atoms with Crippen molar-refractivity contribution in [1.82, 2.24) is 4.90 Å². The summed E-state index contributed by atoms with van der Waals surface area (Å²) in [5.41, 5.74) is 0. The molecule has 2 heterocycles. The van der Waals surface area contributed by atoms with Gasteiger partial charge in [0.15, 0.2) is 6.10 Å². The van der Waals surface area contributed by atoms with Gasteiger partial charge in [-0.2, -0.15) is 0 Å². The predicted molar refractivity (Wildman–Crippen MR) is 40.6 cm³/mol. The van der Waals surface area contributed by atoms with Crippen molar-refractivity contribution >= 4 is 6.09 Å². The maximum absolute atomic E-state index is 10.9. The van der Waals surface area contributed by atoms with Gasteiger partial charge in [0, 0.05) is 7.05 Å². The summed E-state index contributed by atoms with van der Waals surface area (Å²) >= 11 is 0. The Morgan fingerprint density at radius 3 is 3.00 bits per heavy atom. The maximum Gasteiger partial charge on any atom is 0.410 e. The molecule has 0 spiro atoms. The molecule has 0 unspecified atom stereocenters. The number of hydrogen-bond acceptors (Lipinski definition) is 3. The fourth-order valence-electron chi connectivity index (χ4n) is 1.19. The Balaban J connectivity index is 2.14. The van der Waals surface area contributed by atoms with E-state index >= 15 is 0 Å². The molecule has 0 saturated carbocycles. The van der Waals surface area contributed by atoms with E-state index in [1.807, 2.05) is 0 Å². The molecule has 0 bridgehead atoms. The molecule has 1 fully saturated rings. The van der Waals surface area contributed by atoms with Crippen LogP contribution in [-0.4, -0.2) is 24.6 Å². The van der Waals surface area contributed by atoms with Crippen molar-refractivity contribution in [2.24, 2.45) is 0 Å². The molecule has 1 saturated heterocycles. The van der Waals surface area contributed by atoms with Gasteiger partial charge in [0.25, 0.3) is 0 Å². The topological polar surface area (TPSA) is 42.7 Å². The van der Waals surface area contributed by atoms with Crippen LogP contribution >= 0.6 is 0 Å². The van der Waals surface area contributed by atoms with Crippen LogP contribution in [0.1, 0.15) is 11.9 Å². The third-order valence-electron chi connectivity index (χ3n) is 1.85. The molecule has 1 aromatic heterocycles. The lowest BCUT2D eigenvalue weighted by Crippen LogP contribution is -2.17. The second kappa shape index (κ2) is 2.55. The molecule has 1 aromatic rings. The number of cyclic esters (lactones) is 1. The van der Waals surface area contributed by atoms with Gasteiger partial charge in [0.05, 0.1) is 12.8 Å². The van der Waals surface area contributed by atoms with Crippen molar-refractivity contribution in [3.63, 3.8) is 0 Å². The number of carbonyl (C=O) groups excluding carboxylic acids is 1. The normalized spacial score (nSPS) is 22.9. The number of furan rings is 1. The summed E-state index contributed by atoms with van der Waals surface area (Å²) in [5, 5.41) is 0. The van der Waals surface area contributed by atoms with Crippen LogP contribution in [0.15, 0.2) is 22.8 Å². The van der Waals surface area contributed by atoms with E-state index < -0.39 is 0 Å². The summed E-state index contributed by atoms with van der Waals surface area (Å²) in [5.74, 6) is 0.702. The molecule has 12 heavy (non-hydrogen) atoms. The minimum absolute atomic E-state index is 0.238. The van der Waals surface area contributed by atoms with Crippen molar-refractivity contribution in [2.45, 2.75) is 6.10 Å². The van der Waals surface area contributed by atoms with Gasteiger partial charge in [0.2, 0.25) is 0 Å². The van der Waals surface area contributed by atoms with E-state index in [0.29, 0.717) is 12.3 Å². The monoisotopic (exact) mass is 167 g/mol. The zero-order valence-electron chi connectivity index (χ0n) is 6.69. The van der Waals surface area contributed by atoms with Gasteiger partial charge in [0.1, 0.15) is 5.76 Å². The molecule has 1 aliphatic heterocycles. The minimum Gasteiger partial charge on any atom is -0.465 e. The second-order valence-electron chi connectivity index (χ2n) is 2.77. The first-order valence-electron chi connectivity index (χ1n) is 3.72. The fourth-order valence-corrected chi connectivity index (χ4v) is 1.19. The number of nitrogens with zero attached hydrogens (tertiary/aromatic N) is 1. The number of amides is 1. The van der Waals surface area contributed by atoms with Crippen LogP contribution in [0.4, 0.5) is 4.79 Å². The van der Waals surface area contributed by atoms with Gasteiger partial charge in [-0.3, -0.25) is 0 Å². The average Bonchev–Trinajstić information content (AvgIpc) is 2.61. The summed E-state index contributed by atoms with van der Waals surface area (Å²) in [4.78, 5) is 12.5. The molecular formula is C8H9NO3. The highest BCUT2D eigenvalue weighted by Crippen LogP contribution is 2.24. The molecule has 0 radical (unpaired) electrons. The summed E-state index contributed by atoms with van der Waals surface area (Å²) in [6.07, 6.45) is 1.04. The number of carbonyl (C=O) groups is 1. The van der Waals surface area contributed by atoms with E-state index in [-0.39, 0.29) is 12.2 Å². The Hall–Kier alpha value is -1.45. The molecule has 64 valence electrons. The summed E-state index contributed by atoms with van der Waals surface area (Å²) in [6.45, 7) is 0.562. The lowest BCUT2D eigenvalue weighted by molar-refractivity contribution is 0.124. The van der Waals surface area contributed by atoms with Crippen molar-refractivity contribution in [3.8, 4) is 0 Å². The Bertz CT molecular complexity index is 281. The lowest BCUT2D eigenvalue weighted by atomic mass is 10.3. The van der Waals surface area contributed by atoms with Gasteiger partial charge in [-0.05, 0) is 12.1 Å². The maximum atomic E-state index is 10.9. The van der Waals surface area contributed by atoms with Gasteiger partial charge >= 0.3 is 6.09 Å². The first kappa shape index (κ1) is 7.21. The highest BCUT2D eigenvalue weighted by molar-refractivity contribution is 5.69. The Labute approximate surface area is 69.7 Å². The summed E-state index contributed by atoms with van der Waals surface area (Å²) < 4.78 is 10.1. The van der Waals surface area contributed by atoms with Crippen LogP contribution in [0, 0.1) is 0 Å². The third-order valence-corrected chi connectivity index (χ3v) is 1.85. The van der Waals surface area contributed by atoms with Crippen LogP contribution in [0.25, 0.3) is 0 Å². The number of likely N-dealkylation sites (N-methyl/N-ethyl adjacent to an activating group) is 1. The van der Waals surface area contributed by atoms with Crippen LogP contribution in [-0.2, 0) is 4.74 Å². The Morgan fingerprint density at radius 1 is 1.67 bits per heavy atom. The smallest absolute Gasteiger partial charge is 0.410 e. The Morgan fingerprint density at radius 2 is 2.50 bits per heavy atom. The fraction of sp³-hybridized carbons (Fsp3) is 0.375. The number of hydrogen-bond donors (Lipinski definition) is 0. The van der Waals surface area contributed by atoms with E-state index in [2.05, 4.69) is 0 Å². The zero-order chi connectivity index (χ0) is 8.55. The predicted octanol–water partition coefficient (Wildman–Crippen LogP) is 1.40. The molecule has 2 rings (SSSR count). The first-order valence-corrected chi connectivity index (χ1v) is 3.72. The molecule has 4 heteroatoms. The van der Waals surface area contributed by atoms with E-state index in [0.717, 1.165) is 0 Å². The molecule has 0 aromatic carbocycles.